The minimum absolute atomic E-state index is 0.0964. The fourth-order valence-electron chi connectivity index (χ4n) is 7.90. The SMILES string of the molecule is CC/C=C\C/C=C\C/C=C\C/C=C\C/C=C\C/C=C\C/C=C\CCCCCCCC(=O)OCC(COC(=O)CCCCCCC/C=C\CCCCC)OC(=O)CCCCCCCCC/C=C\C/C=C\C/C=C\CC. The Kier molecular flexibility index (Phi) is 57.4. The van der Waals surface area contributed by atoms with Gasteiger partial charge in [0.25, 0.3) is 0 Å². The highest BCUT2D eigenvalue weighted by molar-refractivity contribution is 5.71. The molecule has 0 spiro atoms. The van der Waals surface area contributed by atoms with Crippen LogP contribution >= 0.6 is 0 Å². The fourth-order valence-corrected chi connectivity index (χ4v) is 7.90. The molecule has 1 atom stereocenters. The summed E-state index contributed by atoms with van der Waals surface area (Å²) in [5.74, 6) is -0.937. The van der Waals surface area contributed by atoms with Crippen LogP contribution in [0.2, 0.25) is 0 Å². The summed E-state index contributed by atoms with van der Waals surface area (Å²) in [4.78, 5) is 38.2. The molecule has 0 aromatic rings. The molecule has 0 aromatic carbocycles. The number of rotatable bonds is 53. The van der Waals surface area contributed by atoms with E-state index in [0.717, 1.165) is 161 Å². The fraction of sp³-hybridized carbons (Fsp3) is 0.632. The molecule has 0 heterocycles. The highest BCUT2D eigenvalue weighted by atomic mass is 16.6. The average molecular weight is 1020 g/mol. The molecule has 6 heteroatoms. The van der Waals surface area contributed by atoms with E-state index < -0.39 is 6.10 Å². The maximum Gasteiger partial charge on any atom is 0.306 e. The first-order valence-corrected chi connectivity index (χ1v) is 30.2. The molecule has 0 saturated carbocycles. The second-order valence-corrected chi connectivity index (χ2v) is 19.5. The van der Waals surface area contributed by atoms with E-state index in [9.17, 15) is 14.4 Å². The van der Waals surface area contributed by atoms with E-state index in [0.29, 0.717) is 19.3 Å². The van der Waals surface area contributed by atoms with E-state index in [1.807, 2.05) is 0 Å². The molecular weight excluding hydrogens is 913 g/mol. The van der Waals surface area contributed by atoms with Crippen LogP contribution in [0.5, 0.6) is 0 Å². The molecule has 6 nitrogen and oxygen atoms in total. The molecule has 0 aliphatic carbocycles. The van der Waals surface area contributed by atoms with Crippen molar-refractivity contribution in [1.29, 1.82) is 0 Å². The Bertz CT molecular complexity index is 1600. The summed E-state index contributed by atoms with van der Waals surface area (Å²) in [7, 11) is 0. The van der Waals surface area contributed by atoms with Gasteiger partial charge in [-0.1, -0.05) is 238 Å². The van der Waals surface area contributed by atoms with Crippen LogP contribution in [-0.2, 0) is 28.6 Å². The summed E-state index contributed by atoms with van der Waals surface area (Å²) < 4.78 is 16.8. The van der Waals surface area contributed by atoms with E-state index in [1.165, 1.54) is 57.8 Å². The number of carbonyl (C=O) groups excluding carboxylic acids is 3. The van der Waals surface area contributed by atoms with Crippen LogP contribution in [-0.4, -0.2) is 37.2 Å². The number of allylic oxidation sites excluding steroid dienone is 22. The highest BCUT2D eigenvalue weighted by Crippen LogP contribution is 2.14. The lowest BCUT2D eigenvalue weighted by molar-refractivity contribution is -0.167. The maximum atomic E-state index is 12.9. The minimum atomic E-state index is -0.800. The minimum Gasteiger partial charge on any atom is -0.462 e. The second-order valence-electron chi connectivity index (χ2n) is 19.5. The summed E-state index contributed by atoms with van der Waals surface area (Å²) >= 11 is 0. The monoisotopic (exact) mass is 1020 g/mol. The van der Waals surface area contributed by atoms with Crippen molar-refractivity contribution in [3.8, 4) is 0 Å². The van der Waals surface area contributed by atoms with E-state index in [1.54, 1.807) is 0 Å². The molecule has 0 saturated heterocycles. The standard InChI is InChI=1S/C68H110O6/c1-4-7-10-13-16-19-22-25-27-29-30-31-32-33-34-35-36-37-38-40-41-43-46-49-52-55-58-61-67(70)73-64-65(63-72-66(69)60-57-54-51-48-45-24-21-18-15-12-9-6-3)74-68(71)62-59-56-53-50-47-44-42-39-28-26-23-20-17-14-11-8-5-2/h7-8,10-11,16-21,25-28,30-31,33-34,36-37,40-41,65H,4-6,9,12-15,22-24,29,32,35,38-39,42-64H2,1-3H3/b10-7-,11-8-,19-16-,20-17-,21-18-,27-25-,28-26-,31-30-,34-33-,37-36-,41-40-. The van der Waals surface area contributed by atoms with Gasteiger partial charge in [-0.3, -0.25) is 14.4 Å². The van der Waals surface area contributed by atoms with Gasteiger partial charge in [0.05, 0.1) is 0 Å². The predicted octanol–water partition coefficient (Wildman–Crippen LogP) is 20.6. The third-order valence-electron chi connectivity index (χ3n) is 12.4. The van der Waals surface area contributed by atoms with Crippen LogP contribution in [0.15, 0.2) is 134 Å². The van der Waals surface area contributed by atoms with Gasteiger partial charge in [0.2, 0.25) is 0 Å². The van der Waals surface area contributed by atoms with E-state index in [2.05, 4.69) is 154 Å². The van der Waals surface area contributed by atoms with E-state index in [4.69, 9.17) is 14.2 Å². The molecule has 0 aliphatic rings. The van der Waals surface area contributed by atoms with E-state index in [-0.39, 0.29) is 31.1 Å². The summed E-state index contributed by atoms with van der Waals surface area (Å²) in [6.07, 6.45) is 85.9. The van der Waals surface area contributed by atoms with Crippen LogP contribution in [0, 0.1) is 0 Å². The van der Waals surface area contributed by atoms with Crippen LogP contribution in [0.4, 0.5) is 0 Å². The summed E-state index contributed by atoms with van der Waals surface area (Å²) in [5.41, 5.74) is 0. The Morgan fingerprint density at radius 1 is 0.284 bits per heavy atom. The van der Waals surface area contributed by atoms with E-state index >= 15 is 0 Å². The molecule has 74 heavy (non-hydrogen) atoms. The van der Waals surface area contributed by atoms with Crippen molar-refractivity contribution in [2.45, 2.75) is 264 Å². The Balaban J connectivity index is 4.39. The van der Waals surface area contributed by atoms with Gasteiger partial charge in [0, 0.05) is 19.3 Å². The number of carbonyl (C=O) groups is 3. The largest absolute Gasteiger partial charge is 0.462 e. The number of hydrogen-bond donors (Lipinski definition) is 0. The van der Waals surface area contributed by atoms with Crippen LogP contribution in [0.3, 0.4) is 0 Å². The molecule has 0 aliphatic heterocycles. The van der Waals surface area contributed by atoms with Gasteiger partial charge < -0.3 is 14.2 Å². The molecule has 418 valence electrons. The van der Waals surface area contributed by atoms with Gasteiger partial charge in [-0.2, -0.15) is 0 Å². The molecule has 0 amide bonds. The predicted molar refractivity (Wildman–Crippen MR) is 320 cm³/mol. The van der Waals surface area contributed by atoms with Crippen molar-refractivity contribution in [2.75, 3.05) is 13.2 Å². The number of hydrogen-bond acceptors (Lipinski definition) is 6. The second kappa shape index (κ2) is 61.1. The van der Waals surface area contributed by atoms with Crippen molar-refractivity contribution in [3.63, 3.8) is 0 Å². The topological polar surface area (TPSA) is 78.9 Å². The molecule has 0 radical (unpaired) electrons. The first kappa shape index (κ1) is 69.5. The Hall–Kier alpha value is -4.45. The Labute approximate surface area is 455 Å². The lowest BCUT2D eigenvalue weighted by atomic mass is 10.1. The summed E-state index contributed by atoms with van der Waals surface area (Å²) in [6.45, 7) is 6.36. The van der Waals surface area contributed by atoms with Crippen molar-refractivity contribution in [3.05, 3.63) is 134 Å². The molecule has 1 unspecified atom stereocenters. The van der Waals surface area contributed by atoms with Gasteiger partial charge in [0.1, 0.15) is 13.2 Å². The zero-order valence-corrected chi connectivity index (χ0v) is 47.8. The van der Waals surface area contributed by atoms with Gasteiger partial charge in [0.15, 0.2) is 6.10 Å². The maximum absolute atomic E-state index is 12.9. The molecule has 0 aromatic heterocycles. The number of esters is 3. The quantitative estimate of drug-likeness (QED) is 0.0261. The molecular formula is C68H110O6. The normalized spacial score (nSPS) is 13.1. The molecule has 0 rings (SSSR count). The van der Waals surface area contributed by atoms with Crippen molar-refractivity contribution in [2.24, 2.45) is 0 Å². The zero-order valence-electron chi connectivity index (χ0n) is 47.8. The van der Waals surface area contributed by atoms with Gasteiger partial charge in [-0.15, -0.1) is 0 Å². The molecule has 0 N–H and O–H groups in total. The van der Waals surface area contributed by atoms with Crippen LogP contribution in [0.1, 0.15) is 258 Å². The van der Waals surface area contributed by atoms with Crippen LogP contribution < -0.4 is 0 Å². The van der Waals surface area contributed by atoms with Gasteiger partial charge in [-0.25, -0.2) is 0 Å². The average Bonchev–Trinajstić information content (AvgIpc) is 3.40. The van der Waals surface area contributed by atoms with Crippen LogP contribution in [0.25, 0.3) is 0 Å². The molecule has 0 bridgehead atoms. The summed E-state index contributed by atoms with van der Waals surface area (Å²) in [5, 5.41) is 0. The van der Waals surface area contributed by atoms with Gasteiger partial charge >= 0.3 is 17.9 Å². The lowest BCUT2D eigenvalue weighted by Gasteiger charge is -2.18. The van der Waals surface area contributed by atoms with Crippen molar-refractivity contribution in [1.82, 2.24) is 0 Å². The first-order chi connectivity index (χ1) is 36.5. The third kappa shape index (κ3) is 58.4. The highest BCUT2D eigenvalue weighted by Gasteiger charge is 2.19. The van der Waals surface area contributed by atoms with Crippen molar-refractivity contribution < 1.29 is 28.6 Å². The number of ether oxygens (including phenoxy) is 3. The summed E-state index contributed by atoms with van der Waals surface area (Å²) in [6, 6.07) is 0. The third-order valence-corrected chi connectivity index (χ3v) is 12.4. The first-order valence-electron chi connectivity index (χ1n) is 30.2. The smallest absolute Gasteiger partial charge is 0.306 e. The zero-order chi connectivity index (χ0) is 53.6. The van der Waals surface area contributed by atoms with Gasteiger partial charge in [-0.05, 0) is 135 Å². The number of unbranched alkanes of at least 4 members (excludes halogenated alkanes) is 20. The Morgan fingerprint density at radius 3 is 0.838 bits per heavy atom. The molecule has 0 fully saturated rings. The lowest BCUT2D eigenvalue weighted by Crippen LogP contribution is -2.30. The Morgan fingerprint density at radius 2 is 0.527 bits per heavy atom. The van der Waals surface area contributed by atoms with Crippen molar-refractivity contribution >= 4 is 17.9 Å².